The van der Waals surface area contributed by atoms with Crippen LogP contribution >= 0.6 is 11.3 Å². The van der Waals surface area contributed by atoms with Crippen LogP contribution in [0.1, 0.15) is 24.4 Å². The molecule has 2 heterocycles. The minimum absolute atomic E-state index is 0.0253. The van der Waals surface area contributed by atoms with Gasteiger partial charge >= 0.3 is 5.97 Å². The first-order chi connectivity index (χ1) is 9.87. The Morgan fingerprint density at radius 2 is 2.29 bits per heavy atom. The van der Waals surface area contributed by atoms with E-state index < -0.39 is 16.0 Å². The van der Waals surface area contributed by atoms with E-state index >= 15 is 0 Å². The van der Waals surface area contributed by atoms with Gasteiger partial charge in [0.05, 0.1) is 11.9 Å². The fourth-order valence-corrected chi connectivity index (χ4v) is 3.56. The maximum Gasteiger partial charge on any atom is 0.303 e. The molecule has 2 aromatic heterocycles. The minimum atomic E-state index is -3.73. The van der Waals surface area contributed by atoms with E-state index in [4.69, 9.17) is 5.11 Å². The summed E-state index contributed by atoms with van der Waals surface area (Å²) in [6, 6.07) is 0. The highest BCUT2D eigenvalue weighted by Gasteiger charge is 2.18. The molecule has 0 unspecified atom stereocenters. The number of H-pyrrole nitrogens is 1. The zero-order valence-electron chi connectivity index (χ0n) is 11.2. The molecule has 0 bridgehead atoms. The molecule has 0 amide bonds. The van der Waals surface area contributed by atoms with Crippen molar-refractivity contribution >= 4 is 32.5 Å². The summed E-state index contributed by atoms with van der Waals surface area (Å²) in [5.74, 6) is -0.357. The number of hydrogen-bond donors (Lipinski definition) is 3. The average molecular weight is 330 g/mol. The van der Waals surface area contributed by atoms with Crippen LogP contribution in [0.15, 0.2) is 16.6 Å². The molecule has 114 valence electrons. The molecule has 2 rings (SSSR count). The SMILES string of the molecule is Cc1ncc(S(=O)(=O)Nc2nc(CCCC(=O)O)cs2)[nH]1. The van der Waals surface area contributed by atoms with Crippen molar-refractivity contribution in [2.75, 3.05) is 4.72 Å². The molecule has 8 nitrogen and oxygen atoms in total. The van der Waals surface area contributed by atoms with Gasteiger partial charge in [-0.2, -0.15) is 8.42 Å². The number of imidazole rings is 1. The molecule has 0 saturated heterocycles. The Balaban J connectivity index is 2.00. The third-order valence-electron chi connectivity index (χ3n) is 2.57. The number of thiazole rings is 1. The monoisotopic (exact) mass is 330 g/mol. The summed E-state index contributed by atoms with van der Waals surface area (Å²) >= 11 is 1.15. The zero-order valence-corrected chi connectivity index (χ0v) is 12.8. The molecule has 2 aromatic rings. The van der Waals surface area contributed by atoms with Gasteiger partial charge in [-0.25, -0.2) is 9.97 Å². The Morgan fingerprint density at radius 1 is 1.52 bits per heavy atom. The normalized spacial score (nSPS) is 11.5. The first-order valence-corrected chi connectivity index (χ1v) is 8.44. The van der Waals surface area contributed by atoms with Crippen LogP contribution in [0.4, 0.5) is 5.13 Å². The van der Waals surface area contributed by atoms with Gasteiger partial charge in [-0.3, -0.25) is 9.52 Å². The van der Waals surface area contributed by atoms with Gasteiger partial charge in [0.1, 0.15) is 5.82 Å². The third kappa shape index (κ3) is 4.26. The van der Waals surface area contributed by atoms with Gasteiger partial charge in [0.25, 0.3) is 10.0 Å². The number of hydrogen-bond acceptors (Lipinski definition) is 6. The highest BCUT2D eigenvalue weighted by molar-refractivity contribution is 7.92. The number of carboxylic acid groups (broad SMARTS) is 1. The first kappa shape index (κ1) is 15.4. The summed E-state index contributed by atoms with van der Waals surface area (Å²) in [5, 5.41) is 10.5. The molecule has 0 aromatic carbocycles. The second-order valence-electron chi connectivity index (χ2n) is 4.33. The lowest BCUT2D eigenvalue weighted by Gasteiger charge is -2.01. The van der Waals surface area contributed by atoms with Gasteiger partial charge in [0.2, 0.25) is 0 Å². The van der Waals surface area contributed by atoms with E-state index in [9.17, 15) is 13.2 Å². The van der Waals surface area contributed by atoms with Crippen LogP contribution in [0.25, 0.3) is 0 Å². The van der Waals surface area contributed by atoms with E-state index in [2.05, 4.69) is 19.7 Å². The van der Waals surface area contributed by atoms with Gasteiger partial charge in [0, 0.05) is 11.8 Å². The third-order valence-corrected chi connectivity index (χ3v) is 4.75. The molecule has 0 radical (unpaired) electrons. The van der Waals surface area contributed by atoms with E-state index in [0.717, 1.165) is 11.3 Å². The van der Waals surface area contributed by atoms with Crippen molar-refractivity contribution in [3.63, 3.8) is 0 Å². The van der Waals surface area contributed by atoms with Crippen LogP contribution in [-0.4, -0.2) is 34.4 Å². The van der Waals surface area contributed by atoms with E-state index in [1.807, 2.05) is 0 Å². The molecule has 0 saturated carbocycles. The van der Waals surface area contributed by atoms with Crippen LogP contribution in [-0.2, 0) is 21.2 Å². The molecule has 3 N–H and O–H groups in total. The lowest BCUT2D eigenvalue weighted by molar-refractivity contribution is -0.137. The van der Waals surface area contributed by atoms with Crippen LogP contribution in [0.2, 0.25) is 0 Å². The van der Waals surface area contributed by atoms with Crippen molar-refractivity contribution in [3.8, 4) is 0 Å². The average Bonchev–Trinajstić information content (AvgIpc) is 2.98. The van der Waals surface area contributed by atoms with Gasteiger partial charge in [-0.1, -0.05) is 0 Å². The van der Waals surface area contributed by atoms with Crippen LogP contribution in [0.5, 0.6) is 0 Å². The smallest absolute Gasteiger partial charge is 0.303 e. The molecule has 0 aliphatic heterocycles. The van der Waals surface area contributed by atoms with Gasteiger partial charge < -0.3 is 10.1 Å². The van der Waals surface area contributed by atoms with Crippen molar-refractivity contribution in [3.05, 3.63) is 23.1 Å². The van der Waals surface area contributed by atoms with Crippen LogP contribution < -0.4 is 4.72 Å². The Morgan fingerprint density at radius 3 is 2.90 bits per heavy atom. The first-order valence-electron chi connectivity index (χ1n) is 6.07. The molecular formula is C11H14N4O4S2. The van der Waals surface area contributed by atoms with Gasteiger partial charge in [0.15, 0.2) is 10.2 Å². The summed E-state index contributed by atoms with van der Waals surface area (Å²) in [5.41, 5.74) is 0.666. The van der Waals surface area contributed by atoms with Crippen molar-refractivity contribution in [1.82, 2.24) is 15.0 Å². The summed E-state index contributed by atoms with van der Waals surface area (Å²) < 4.78 is 26.4. The summed E-state index contributed by atoms with van der Waals surface area (Å²) in [6.07, 6.45) is 2.25. The number of aromatic amines is 1. The molecule has 0 aliphatic rings. The second-order valence-corrected chi connectivity index (χ2v) is 6.84. The number of sulfonamides is 1. The lowest BCUT2D eigenvalue weighted by Crippen LogP contribution is -2.13. The summed E-state index contributed by atoms with van der Waals surface area (Å²) in [7, 11) is -3.73. The predicted octanol–water partition coefficient (Wildman–Crippen LogP) is 1.38. The second kappa shape index (κ2) is 6.22. The predicted molar refractivity (Wildman–Crippen MR) is 76.8 cm³/mol. The summed E-state index contributed by atoms with van der Waals surface area (Å²) in [6.45, 7) is 1.66. The Hall–Kier alpha value is -1.94. The van der Waals surface area contributed by atoms with Crippen molar-refractivity contribution in [2.45, 2.75) is 31.2 Å². The Bertz CT molecular complexity index is 735. The number of nitrogens with zero attached hydrogens (tertiary/aromatic N) is 2. The number of aromatic nitrogens is 3. The fraction of sp³-hybridized carbons (Fsp3) is 0.364. The maximum absolute atomic E-state index is 12.0. The van der Waals surface area contributed by atoms with Crippen LogP contribution in [0.3, 0.4) is 0 Å². The number of aliphatic carboxylic acids is 1. The van der Waals surface area contributed by atoms with Gasteiger partial charge in [-0.15, -0.1) is 11.3 Å². The molecule has 0 atom stereocenters. The number of nitrogens with one attached hydrogen (secondary N) is 2. The molecule has 0 aliphatic carbocycles. The molecule has 0 spiro atoms. The standard InChI is InChI=1S/C11H14N4O4S2/c1-7-12-5-9(13-7)21(18,19)15-11-14-8(6-20-11)3-2-4-10(16)17/h5-6H,2-4H2,1H3,(H,12,13)(H,14,15)(H,16,17). The molecule has 10 heteroatoms. The highest BCUT2D eigenvalue weighted by Crippen LogP contribution is 2.20. The van der Waals surface area contributed by atoms with E-state index in [-0.39, 0.29) is 16.6 Å². The van der Waals surface area contributed by atoms with Gasteiger partial charge in [-0.05, 0) is 19.8 Å². The number of rotatable bonds is 7. The maximum atomic E-state index is 12.0. The fourth-order valence-electron chi connectivity index (χ4n) is 1.59. The molecule has 0 fully saturated rings. The lowest BCUT2D eigenvalue weighted by atomic mass is 10.2. The highest BCUT2D eigenvalue weighted by atomic mass is 32.2. The number of carboxylic acids is 1. The van der Waals surface area contributed by atoms with Crippen molar-refractivity contribution in [2.24, 2.45) is 0 Å². The summed E-state index contributed by atoms with van der Waals surface area (Å²) in [4.78, 5) is 21.0. The molecule has 21 heavy (non-hydrogen) atoms. The van der Waals surface area contributed by atoms with E-state index in [1.54, 1.807) is 12.3 Å². The van der Waals surface area contributed by atoms with Crippen LogP contribution in [0, 0.1) is 6.92 Å². The number of aryl methyl sites for hydroxylation is 2. The quantitative estimate of drug-likeness (QED) is 0.704. The number of carbonyl (C=O) groups is 1. The largest absolute Gasteiger partial charge is 0.481 e. The Labute approximate surface area is 125 Å². The van der Waals surface area contributed by atoms with Crippen molar-refractivity contribution < 1.29 is 18.3 Å². The number of anilines is 1. The van der Waals surface area contributed by atoms with E-state index in [0.29, 0.717) is 24.4 Å². The topological polar surface area (TPSA) is 125 Å². The van der Waals surface area contributed by atoms with E-state index in [1.165, 1.54) is 6.20 Å². The van der Waals surface area contributed by atoms with Crippen molar-refractivity contribution in [1.29, 1.82) is 0 Å². The Kier molecular flexibility index (Phi) is 4.58. The zero-order chi connectivity index (χ0) is 15.5. The molecular weight excluding hydrogens is 316 g/mol. The minimum Gasteiger partial charge on any atom is -0.481 e.